The number of H-pyrrole nitrogens is 1. The van der Waals surface area contributed by atoms with Crippen LogP contribution in [0.3, 0.4) is 0 Å². The lowest BCUT2D eigenvalue weighted by molar-refractivity contribution is -0.389. The minimum absolute atomic E-state index is 0. The minimum Gasteiger partial charge on any atom is -0.358 e. The van der Waals surface area contributed by atoms with Crippen molar-refractivity contribution in [3.63, 3.8) is 0 Å². The molecule has 7 nitrogen and oxygen atoms in total. The van der Waals surface area contributed by atoms with Crippen molar-refractivity contribution in [3.8, 4) is 0 Å². The normalized spacial score (nSPS) is 9.27. The summed E-state index contributed by atoms with van der Waals surface area (Å²) in [6, 6.07) is 3.79. The van der Waals surface area contributed by atoms with E-state index in [0.717, 1.165) is 11.6 Å². The van der Waals surface area contributed by atoms with Crippen LogP contribution in [0.2, 0.25) is 0 Å². The Balaban J connectivity index is 0. The summed E-state index contributed by atoms with van der Waals surface area (Å²) in [7, 11) is 0. The molecule has 22 heavy (non-hydrogen) atoms. The van der Waals surface area contributed by atoms with Gasteiger partial charge in [-0.1, -0.05) is 33.3 Å². The van der Waals surface area contributed by atoms with Crippen LogP contribution < -0.4 is 0 Å². The van der Waals surface area contributed by atoms with E-state index in [0.29, 0.717) is 6.04 Å². The Morgan fingerprint density at radius 3 is 1.95 bits per heavy atom. The van der Waals surface area contributed by atoms with Crippen molar-refractivity contribution in [1.29, 1.82) is 0 Å². The average Bonchev–Trinajstić information content (AvgIpc) is 2.98. The second kappa shape index (κ2) is 11.5. The summed E-state index contributed by atoms with van der Waals surface area (Å²) < 4.78 is 1.95. The fourth-order valence-electron chi connectivity index (χ4n) is 1.07. The molecule has 0 aliphatic rings. The van der Waals surface area contributed by atoms with Crippen LogP contribution in [0.15, 0.2) is 24.5 Å². The van der Waals surface area contributed by atoms with Gasteiger partial charge in [-0.05, 0) is 37.7 Å². The first-order valence-electron chi connectivity index (χ1n) is 6.89. The fourth-order valence-corrected chi connectivity index (χ4v) is 1.07. The van der Waals surface area contributed by atoms with Crippen molar-refractivity contribution in [2.75, 3.05) is 0 Å². The molecular weight excluding hydrogens is 282 g/mol. The lowest BCUT2D eigenvalue weighted by Crippen LogP contribution is -2.00. The first kappa shape index (κ1) is 22.1. The van der Waals surface area contributed by atoms with Gasteiger partial charge in [0.25, 0.3) is 0 Å². The van der Waals surface area contributed by atoms with Gasteiger partial charge in [-0.3, -0.25) is 4.68 Å². The number of hydrogen-bond donors (Lipinski definition) is 1. The van der Waals surface area contributed by atoms with E-state index in [4.69, 9.17) is 0 Å². The number of aromatic nitrogens is 4. The van der Waals surface area contributed by atoms with E-state index in [1.165, 1.54) is 12.3 Å². The highest BCUT2D eigenvalue weighted by atomic mass is 16.6. The quantitative estimate of drug-likeness (QED) is 0.658. The van der Waals surface area contributed by atoms with E-state index in [1.807, 2.05) is 23.9 Å². The summed E-state index contributed by atoms with van der Waals surface area (Å²) in [6.45, 7) is 12.7. The molecule has 0 fully saturated rings. The molecule has 0 aromatic carbocycles. The predicted molar refractivity (Wildman–Crippen MR) is 89.8 cm³/mol. The number of rotatable bonds is 2. The van der Waals surface area contributed by atoms with Gasteiger partial charge < -0.3 is 10.1 Å². The van der Waals surface area contributed by atoms with Gasteiger partial charge in [0.05, 0.1) is 18.0 Å². The van der Waals surface area contributed by atoms with E-state index < -0.39 is 4.92 Å². The lowest BCUT2D eigenvalue weighted by Gasteiger charge is -2.02. The minimum atomic E-state index is -0.535. The Labute approximate surface area is 132 Å². The van der Waals surface area contributed by atoms with Gasteiger partial charge in [0.15, 0.2) is 0 Å². The Hall–Kier alpha value is -2.18. The highest BCUT2D eigenvalue weighted by molar-refractivity contribution is 5.12. The topological polar surface area (TPSA) is 89.6 Å². The zero-order valence-electron chi connectivity index (χ0n) is 13.6. The summed E-state index contributed by atoms with van der Waals surface area (Å²) in [5.41, 5.74) is 1.09. The standard InChI is InChI=1S/C7H12N2.C4H10.C3H3N3O2.CH4/c1-6(2)9-5-4-7(3)8-9;1-4(2)3;7-6(8)3-1-2-4-5-3;/h4-6H,1-3H3;4H,1-3H3;1-2H,(H,4,5);1H4. The van der Waals surface area contributed by atoms with Gasteiger partial charge >= 0.3 is 5.82 Å². The third kappa shape index (κ3) is 10.6. The molecule has 2 aromatic heterocycles. The average molecular weight is 311 g/mol. The molecule has 126 valence electrons. The van der Waals surface area contributed by atoms with Crippen molar-refractivity contribution in [2.24, 2.45) is 5.92 Å². The van der Waals surface area contributed by atoms with Gasteiger partial charge in [-0.2, -0.15) is 5.10 Å². The molecular formula is C15H29N5O2. The summed E-state index contributed by atoms with van der Waals surface area (Å²) in [5.74, 6) is 0.755. The number of aryl methyl sites for hydroxylation is 1. The number of nitro groups is 1. The van der Waals surface area contributed by atoms with Crippen molar-refractivity contribution in [1.82, 2.24) is 20.0 Å². The number of hydrogen-bond acceptors (Lipinski definition) is 4. The Morgan fingerprint density at radius 2 is 1.77 bits per heavy atom. The molecule has 1 N–H and O–H groups in total. The maximum atomic E-state index is 9.80. The molecule has 0 amide bonds. The molecule has 2 heterocycles. The monoisotopic (exact) mass is 311 g/mol. The SMILES string of the molecule is C.CC(C)C.Cc1ccn(C(C)C)n1.O=[N+]([O-])c1ccn[nH]1. The summed E-state index contributed by atoms with van der Waals surface area (Å²) in [5, 5.41) is 19.6. The smallest absolute Gasteiger partial charge is 0.342 e. The Morgan fingerprint density at radius 1 is 1.23 bits per heavy atom. The molecule has 0 radical (unpaired) electrons. The molecule has 2 rings (SSSR count). The second-order valence-electron chi connectivity index (χ2n) is 5.46. The van der Waals surface area contributed by atoms with Gasteiger partial charge in [0, 0.05) is 12.2 Å². The van der Waals surface area contributed by atoms with Crippen LogP contribution in [0.1, 0.15) is 53.8 Å². The third-order valence-electron chi connectivity index (χ3n) is 1.95. The van der Waals surface area contributed by atoms with E-state index in [-0.39, 0.29) is 13.2 Å². The highest BCUT2D eigenvalue weighted by Gasteiger charge is 1.99. The van der Waals surface area contributed by atoms with E-state index in [9.17, 15) is 10.1 Å². The van der Waals surface area contributed by atoms with Gasteiger partial charge in [-0.25, -0.2) is 0 Å². The number of aromatic amines is 1. The van der Waals surface area contributed by atoms with E-state index in [2.05, 4.69) is 49.9 Å². The first-order chi connectivity index (χ1) is 9.73. The Kier molecular flexibility index (Phi) is 11.5. The molecule has 0 unspecified atom stereocenters. The molecule has 7 heteroatoms. The maximum Gasteiger partial charge on any atom is 0.342 e. The van der Waals surface area contributed by atoms with Crippen LogP contribution in [0.25, 0.3) is 0 Å². The van der Waals surface area contributed by atoms with Gasteiger partial charge in [0.1, 0.15) is 0 Å². The van der Waals surface area contributed by atoms with Gasteiger partial charge in [-0.15, -0.1) is 5.10 Å². The van der Waals surface area contributed by atoms with Crippen LogP contribution in [-0.2, 0) is 0 Å². The van der Waals surface area contributed by atoms with E-state index in [1.54, 1.807) is 0 Å². The second-order valence-corrected chi connectivity index (χ2v) is 5.46. The van der Waals surface area contributed by atoms with Crippen LogP contribution in [0.4, 0.5) is 5.82 Å². The molecule has 2 aromatic rings. The van der Waals surface area contributed by atoms with Gasteiger partial charge in [0.2, 0.25) is 0 Å². The van der Waals surface area contributed by atoms with Crippen molar-refractivity contribution in [2.45, 2.75) is 55.0 Å². The van der Waals surface area contributed by atoms with Crippen molar-refractivity contribution in [3.05, 3.63) is 40.3 Å². The molecule has 0 bridgehead atoms. The summed E-state index contributed by atoms with van der Waals surface area (Å²) >= 11 is 0. The molecule has 0 aliphatic heterocycles. The van der Waals surface area contributed by atoms with E-state index >= 15 is 0 Å². The molecule has 0 spiro atoms. The zero-order valence-corrected chi connectivity index (χ0v) is 13.6. The number of nitrogens with zero attached hydrogens (tertiary/aromatic N) is 4. The van der Waals surface area contributed by atoms with Crippen LogP contribution in [0, 0.1) is 23.0 Å². The molecule has 0 aliphatic carbocycles. The van der Waals surface area contributed by atoms with Crippen LogP contribution in [-0.4, -0.2) is 24.9 Å². The largest absolute Gasteiger partial charge is 0.358 e. The summed E-state index contributed by atoms with van der Waals surface area (Å²) in [6.07, 6.45) is 3.33. The van der Waals surface area contributed by atoms with Crippen molar-refractivity contribution < 1.29 is 4.92 Å². The Bertz CT molecular complexity index is 501. The third-order valence-corrected chi connectivity index (χ3v) is 1.95. The molecule has 0 atom stereocenters. The zero-order chi connectivity index (χ0) is 16.4. The fraction of sp³-hybridized carbons (Fsp3) is 0.600. The molecule has 0 saturated carbocycles. The lowest BCUT2D eigenvalue weighted by atomic mass is 10.3. The maximum absolute atomic E-state index is 9.80. The predicted octanol–water partition coefficient (Wildman–Crippen LogP) is 4.39. The van der Waals surface area contributed by atoms with Crippen molar-refractivity contribution >= 4 is 5.82 Å². The number of nitrogens with one attached hydrogen (secondary N) is 1. The van der Waals surface area contributed by atoms with Crippen LogP contribution in [0.5, 0.6) is 0 Å². The highest BCUT2D eigenvalue weighted by Crippen LogP contribution is 2.02. The van der Waals surface area contributed by atoms with Crippen LogP contribution >= 0.6 is 0 Å². The summed E-state index contributed by atoms with van der Waals surface area (Å²) in [4.78, 5) is 9.26. The first-order valence-corrected chi connectivity index (χ1v) is 6.89. The molecule has 0 saturated heterocycles.